The fourth-order valence-corrected chi connectivity index (χ4v) is 2.54. The Labute approximate surface area is 131 Å². The van der Waals surface area contributed by atoms with Crippen molar-refractivity contribution in [1.82, 2.24) is 19.6 Å². The molecule has 0 unspecified atom stereocenters. The lowest BCUT2D eigenvalue weighted by Gasteiger charge is -2.26. The van der Waals surface area contributed by atoms with E-state index >= 15 is 0 Å². The first kappa shape index (κ1) is 16.0. The van der Waals surface area contributed by atoms with E-state index in [4.69, 9.17) is 11.6 Å². The molecule has 1 N–H and O–H groups in total. The zero-order valence-corrected chi connectivity index (χ0v) is 14.0. The topological polar surface area (TPSA) is 55.1 Å². The van der Waals surface area contributed by atoms with E-state index in [0.29, 0.717) is 10.9 Å². The Bertz CT molecular complexity index is 605. The lowest BCUT2D eigenvalue weighted by Crippen LogP contribution is -2.24. The van der Waals surface area contributed by atoms with Crippen LogP contribution in [0.15, 0.2) is 6.33 Å². The summed E-state index contributed by atoms with van der Waals surface area (Å²) in [7, 11) is 0. The molecule has 6 heteroatoms. The van der Waals surface area contributed by atoms with Crippen LogP contribution in [0.2, 0.25) is 5.15 Å². The molecule has 2 aromatic heterocycles. The third kappa shape index (κ3) is 3.84. The zero-order chi connectivity index (χ0) is 15.5. The molecule has 0 saturated heterocycles. The highest BCUT2D eigenvalue weighted by Gasteiger charge is 2.19. The van der Waals surface area contributed by atoms with Crippen LogP contribution in [0.25, 0.3) is 5.78 Å². The Morgan fingerprint density at radius 3 is 2.81 bits per heavy atom. The van der Waals surface area contributed by atoms with Crippen molar-refractivity contribution in [2.45, 2.75) is 53.4 Å². The molecule has 0 aliphatic rings. The van der Waals surface area contributed by atoms with Gasteiger partial charge in [0.25, 0.3) is 5.78 Å². The standard InChI is InChI=1S/C15H24ClN5/c1-5-6-7-8-15(3,4)9-17-13-11(2)12(16)20-14-18-10-19-21(13)14/h10,17H,5-9H2,1-4H3. The normalized spacial score (nSPS) is 12.0. The van der Waals surface area contributed by atoms with Gasteiger partial charge in [-0.1, -0.05) is 51.6 Å². The average Bonchev–Trinajstić information content (AvgIpc) is 2.87. The monoisotopic (exact) mass is 309 g/mol. The predicted molar refractivity (Wildman–Crippen MR) is 86.9 cm³/mol. The number of anilines is 1. The van der Waals surface area contributed by atoms with Crippen molar-refractivity contribution in [3.8, 4) is 0 Å². The molecule has 5 nitrogen and oxygen atoms in total. The second-order valence-corrected chi connectivity index (χ2v) is 6.68. The summed E-state index contributed by atoms with van der Waals surface area (Å²) in [5.74, 6) is 1.41. The van der Waals surface area contributed by atoms with E-state index in [-0.39, 0.29) is 5.41 Å². The Morgan fingerprint density at radius 1 is 1.33 bits per heavy atom. The van der Waals surface area contributed by atoms with E-state index in [1.807, 2.05) is 6.92 Å². The number of hydrogen-bond donors (Lipinski definition) is 1. The van der Waals surface area contributed by atoms with E-state index in [2.05, 4.69) is 41.2 Å². The lowest BCUT2D eigenvalue weighted by molar-refractivity contribution is 0.342. The molecule has 0 aromatic carbocycles. The second-order valence-electron chi connectivity index (χ2n) is 6.32. The molecule has 2 heterocycles. The van der Waals surface area contributed by atoms with Crippen LogP contribution in [0.3, 0.4) is 0 Å². The highest BCUT2D eigenvalue weighted by Crippen LogP contribution is 2.27. The summed E-state index contributed by atoms with van der Waals surface area (Å²) in [5.41, 5.74) is 1.13. The van der Waals surface area contributed by atoms with Gasteiger partial charge in [-0.15, -0.1) is 0 Å². The van der Waals surface area contributed by atoms with Crippen LogP contribution in [0.5, 0.6) is 0 Å². The zero-order valence-electron chi connectivity index (χ0n) is 13.3. The highest BCUT2D eigenvalue weighted by molar-refractivity contribution is 6.30. The third-order valence-electron chi connectivity index (χ3n) is 3.80. The highest BCUT2D eigenvalue weighted by atomic mass is 35.5. The number of aromatic nitrogens is 4. The Kier molecular flexibility index (Phi) is 5.04. The first-order chi connectivity index (χ1) is 9.94. The first-order valence-electron chi connectivity index (χ1n) is 7.54. The summed E-state index contributed by atoms with van der Waals surface area (Å²) in [6.07, 6.45) is 6.50. The largest absolute Gasteiger partial charge is 0.369 e. The van der Waals surface area contributed by atoms with Gasteiger partial charge < -0.3 is 5.32 Å². The minimum absolute atomic E-state index is 0.226. The molecule has 0 aliphatic heterocycles. The van der Waals surface area contributed by atoms with Gasteiger partial charge in [0.1, 0.15) is 17.3 Å². The van der Waals surface area contributed by atoms with E-state index in [9.17, 15) is 0 Å². The van der Waals surface area contributed by atoms with Gasteiger partial charge in [0.15, 0.2) is 0 Å². The molecule has 0 aliphatic carbocycles. The molecule has 0 fully saturated rings. The number of nitrogens with one attached hydrogen (secondary N) is 1. The Morgan fingerprint density at radius 2 is 2.10 bits per heavy atom. The Hall–Kier alpha value is -1.36. The third-order valence-corrected chi connectivity index (χ3v) is 4.16. The minimum Gasteiger partial charge on any atom is -0.369 e. The molecule has 2 aromatic rings. The average molecular weight is 310 g/mol. The summed E-state index contributed by atoms with van der Waals surface area (Å²) in [5, 5.41) is 8.18. The van der Waals surface area contributed by atoms with Gasteiger partial charge in [0, 0.05) is 12.1 Å². The Balaban J connectivity index is 2.12. The molecule has 21 heavy (non-hydrogen) atoms. The van der Waals surface area contributed by atoms with Crippen LogP contribution in [0, 0.1) is 12.3 Å². The predicted octanol–water partition coefficient (Wildman–Crippen LogP) is 4.10. The maximum atomic E-state index is 6.17. The molecule has 116 valence electrons. The van der Waals surface area contributed by atoms with Gasteiger partial charge in [-0.25, -0.2) is 0 Å². The minimum atomic E-state index is 0.226. The molecule has 0 atom stereocenters. The van der Waals surface area contributed by atoms with Crippen molar-refractivity contribution in [3.05, 3.63) is 17.0 Å². The van der Waals surface area contributed by atoms with Gasteiger partial charge in [-0.3, -0.25) is 0 Å². The van der Waals surface area contributed by atoms with Crippen LogP contribution in [0.4, 0.5) is 5.82 Å². The summed E-state index contributed by atoms with van der Waals surface area (Å²) in [6.45, 7) is 9.61. The fraction of sp³-hybridized carbons (Fsp3) is 0.667. The van der Waals surface area contributed by atoms with Gasteiger partial charge in [0.2, 0.25) is 0 Å². The molecular weight excluding hydrogens is 286 g/mol. The van der Waals surface area contributed by atoms with Gasteiger partial charge in [-0.05, 0) is 18.8 Å². The van der Waals surface area contributed by atoms with Gasteiger partial charge >= 0.3 is 0 Å². The van der Waals surface area contributed by atoms with Crippen molar-refractivity contribution in [1.29, 1.82) is 0 Å². The number of unbranched alkanes of at least 4 members (excludes halogenated alkanes) is 2. The van der Waals surface area contributed by atoms with Crippen molar-refractivity contribution in [2.24, 2.45) is 5.41 Å². The second kappa shape index (κ2) is 6.60. The van der Waals surface area contributed by atoms with Crippen molar-refractivity contribution in [3.63, 3.8) is 0 Å². The quantitative estimate of drug-likeness (QED) is 0.618. The molecule has 0 spiro atoms. The van der Waals surface area contributed by atoms with E-state index in [0.717, 1.165) is 17.9 Å². The maximum absolute atomic E-state index is 6.17. The van der Waals surface area contributed by atoms with Crippen molar-refractivity contribution >= 4 is 23.2 Å². The number of hydrogen-bond acceptors (Lipinski definition) is 4. The number of rotatable bonds is 7. The van der Waals surface area contributed by atoms with Crippen LogP contribution < -0.4 is 5.32 Å². The summed E-state index contributed by atoms with van der Waals surface area (Å²) in [4.78, 5) is 8.32. The number of fused-ring (bicyclic) bond motifs is 1. The van der Waals surface area contributed by atoms with Crippen LogP contribution >= 0.6 is 11.6 Å². The molecule has 0 amide bonds. The number of nitrogens with zero attached hydrogens (tertiary/aromatic N) is 4. The van der Waals surface area contributed by atoms with E-state index in [1.54, 1.807) is 4.52 Å². The van der Waals surface area contributed by atoms with Gasteiger partial charge in [0.05, 0.1) is 0 Å². The molecule has 0 bridgehead atoms. The molecule has 0 radical (unpaired) electrons. The van der Waals surface area contributed by atoms with Crippen LogP contribution in [0.1, 0.15) is 52.0 Å². The summed E-state index contributed by atoms with van der Waals surface area (Å²) in [6, 6.07) is 0. The van der Waals surface area contributed by atoms with Crippen LogP contribution in [-0.2, 0) is 0 Å². The molecule has 2 rings (SSSR count). The van der Waals surface area contributed by atoms with Crippen molar-refractivity contribution < 1.29 is 0 Å². The fourth-order valence-electron chi connectivity index (χ4n) is 2.37. The van der Waals surface area contributed by atoms with Gasteiger partial charge in [-0.2, -0.15) is 19.6 Å². The van der Waals surface area contributed by atoms with Crippen LogP contribution in [-0.4, -0.2) is 26.1 Å². The number of halogens is 1. The van der Waals surface area contributed by atoms with E-state index < -0.39 is 0 Å². The van der Waals surface area contributed by atoms with Crippen molar-refractivity contribution in [2.75, 3.05) is 11.9 Å². The molecule has 0 saturated carbocycles. The van der Waals surface area contributed by atoms with E-state index in [1.165, 1.54) is 32.0 Å². The summed E-state index contributed by atoms with van der Waals surface area (Å²) >= 11 is 6.17. The lowest BCUT2D eigenvalue weighted by atomic mass is 9.87. The molecular formula is C15H24ClN5. The maximum Gasteiger partial charge on any atom is 0.255 e. The smallest absolute Gasteiger partial charge is 0.255 e. The first-order valence-corrected chi connectivity index (χ1v) is 7.92. The summed E-state index contributed by atoms with van der Waals surface area (Å²) < 4.78 is 1.71. The SMILES string of the molecule is CCCCCC(C)(C)CNc1c(C)c(Cl)nc2ncnn12.